The summed E-state index contributed by atoms with van der Waals surface area (Å²) in [5, 5.41) is 9.17. The molecule has 3 aromatic rings. The maximum Gasteiger partial charge on any atom is 0.256 e. The summed E-state index contributed by atoms with van der Waals surface area (Å²) in [5.41, 5.74) is 1.42. The third-order valence-corrected chi connectivity index (χ3v) is 4.58. The van der Waals surface area contributed by atoms with Gasteiger partial charge in [0, 0.05) is 11.4 Å². The van der Waals surface area contributed by atoms with Crippen LogP contribution in [0.5, 0.6) is 11.5 Å². The van der Waals surface area contributed by atoms with Crippen LogP contribution in [0.4, 0.5) is 5.69 Å². The van der Waals surface area contributed by atoms with Crippen molar-refractivity contribution in [1.82, 2.24) is 5.32 Å². The predicted octanol–water partition coefficient (Wildman–Crippen LogP) is 3.82. The van der Waals surface area contributed by atoms with Gasteiger partial charge in [0.05, 0.1) is 30.5 Å². The minimum Gasteiger partial charge on any atom is -0.497 e. The van der Waals surface area contributed by atoms with E-state index in [-0.39, 0.29) is 11.8 Å². The molecule has 0 saturated heterocycles. The molecule has 0 bridgehead atoms. The number of amides is 2. The fourth-order valence-corrected chi connectivity index (χ4v) is 3.13. The Kier molecular flexibility index (Phi) is 6.64. The standard InChI is InChI=1S/C21H20N2O4S/c1-26-16-5-4-6-17(13-16)27-11-10-22-21(25)18-7-2-3-8-19(18)23-20(24)15-9-12-28-14-15/h2-9,12-14H,10-11H2,1H3,(H,22,25)(H,23,24). The van der Waals surface area contributed by atoms with E-state index in [1.165, 1.54) is 11.3 Å². The van der Waals surface area contributed by atoms with Gasteiger partial charge in [-0.25, -0.2) is 0 Å². The van der Waals surface area contributed by atoms with Crippen LogP contribution in [0.25, 0.3) is 0 Å². The average molecular weight is 396 g/mol. The molecule has 7 heteroatoms. The Hall–Kier alpha value is -3.32. The molecule has 0 radical (unpaired) electrons. The lowest BCUT2D eigenvalue weighted by molar-refractivity contribution is 0.0948. The quantitative estimate of drug-likeness (QED) is 0.568. The summed E-state index contributed by atoms with van der Waals surface area (Å²) in [4.78, 5) is 24.8. The summed E-state index contributed by atoms with van der Waals surface area (Å²) in [6.45, 7) is 0.630. The van der Waals surface area contributed by atoms with E-state index in [0.29, 0.717) is 41.5 Å². The Bertz CT molecular complexity index is 941. The van der Waals surface area contributed by atoms with Gasteiger partial charge in [0.2, 0.25) is 0 Å². The van der Waals surface area contributed by atoms with Crippen LogP contribution in [-0.2, 0) is 0 Å². The number of hydrogen-bond acceptors (Lipinski definition) is 5. The Morgan fingerprint density at radius 1 is 1.00 bits per heavy atom. The highest BCUT2D eigenvalue weighted by molar-refractivity contribution is 7.08. The highest BCUT2D eigenvalue weighted by atomic mass is 32.1. The van der Waals surface area contributed by atoms with Gasteiger partial charge in [0.1, 0.15) is 18.1 Å². The second-order valence-corrected chi connectivity index (χ2v) is 6.58. The lowest BCUT2D eigenvalue weighted by atomic mass is 10.1. The number of para-hydroxylation sites is 1. The van der Waals surface area contributed by atoms with Gasteiger partial charge < -0.3 is 20.1 Å². The van der Waals surface area contributed by atoms with Crippen molar-refractivity contribution in [3.05, 3.63) is 76.5 Å². The molecule has 2 N–H and O–H groups in total. The lowest BCUT2D eigenvalue weighted by Gasteiger charge is -2.12. The normalized spacial score (nSPS) is 10.2. The second kappa shape index (κ2) is 9.57. The first kappa shape index (κ1) is 19.4. The van der Waals surface area contributed by atoms with E-state index in [0.717, 1.165) is 0 Å². The van der Waals surface area contributed by atoms with Gasteiger partial charge in [-0.2, -0.15) is 11.3 Å². The van der Waals surface area contributed by atoms with E-state index in [2.05, 4.69) is 10.6 Å². The van der Waals surface area contributed by atoms with Crippen molar-refractivity contribution in [2.75, 3.05) is 25.6 Å². The van der Waals surface area contributed by atoms with Crippen LogP contribution < -0.4 is 20.1 Å². The maximum atomic E-state index is 12.5. The second-order valence-electron chi connectivity index (χ2n) is 5.80. The van der Waals surface area contributed by atoms with Gasteiger partial charge in [-0.05, 0) is 35.7 Å². The van der Waals surface area contributed by atoms with Gasteiger partial charge in [-0.3, -0.25) is 9.59 Å². The molecule has 28 heavy (non-hydrogen) atoms. The molecule has 2 aromatic carbocycles. The number of carbonyl (C=O) groups is 2. The fourth-order valence-electron chi connectivity index (χ4n) is 2.50. The molecule has 144 valence electrons. The van der Waals surface area contributed by atoms with Crippen LogP contribution in [0.3, 0.4) is 0 Å². The van der Waals surface area contributed by atoms with Crippen molar-refractivity contribution in [3.63, 3.8) is 0 Å². The first-order chi connectivity index (χ1) is 13.7. The van der Waals surface area contributed by atoms with Crippen molar-refractivity contribution in [1.29, 1.82) is 0 Å². The van der Waals surface area contributed by atoms with Gasteiger partial charge >= 0.3 is 0 Å². The van der Waals surface area contributed by atoms with Crippen molar-refractivity contribution in [2.24, 2.45) is 0 Å². The SMILES string of the molecule is COc1cccc(OCCNC(=O)c2ccccc2NC(=O)c2ccsc2)c1. The van der Waals surface area contributed by atoms with E-state index in [4.69, 9.17) is 9.47 Å². The number of carbonyl (C=O) groups excluding carboxylic acids is 2. The molecular formula is C21H20N2O4S. The summed E-state index contributed by atoms with van der Waals surface area (Å²) in [5.74, 6) is 0.840. The minimum absolute atomic E-state index is 0.247. The van der Waals surface area contributed by atoms with Crippen LogP contribution in [0.15, 0.2) is 65.4 Å². The van der Waals surface area contributed by atoms with E-state index < -0.39 is 0 Å². The zero-order chi connectivity index (χ0) is 19.8. The summed E-state index contributed by atoms with van der Waals surface area (Å²) >= 11 is 1.44. The van der Waals surface area contributed by atoms with Gasteiger partial charge in [-0.1, -0.05) is 18.2 Å². The molecule has 0 aliphatic rings. The first-order valence-electron chi connectivity index (χ1n) is 8.65. The molecule has 2 amide bonds. The van der Waals surface area contributed by atoms with E-state index in [9.17, 15) is 9.59 Å². The van der Waals surface area contributed by atoms with E-state index >= 15 is 0 Å². The van der Waals surface area contributed by atoms with Crippen LogP contribution in [0.1, 0.15) is 20.7 Å². The molecule has 1 heterocycles. The van der Waals surface area contributed by atoms with Gasteiger partial charge in [-0.15, -0.1) is 0 Å². The molecule has 1 aromatic heterocycles. The van der Waals surface area contributed by atoms with Crippen LogP contribution in [0, 0.1) is 0 Å². The molecule has 0 unspecified atom stereocenters. The summed E-state index contributed by atoms with van der Waals surface area (Å²) < 4.78 is 10.8. The van der Waals surface area contributed by atoms with Gasteiger partial charge in [0.15, 0.2) is 0 Å². The predicted molar refractivity (Wildman–Crippen MR) is 110 cm³/mol. The Balaban J connectivity index is 1.55. The topological polar surface area (TPSA) is 76.7 Å². The largest absolute Gasteiger partial charge is 0.497 e. The zero-order valence-corrected chi connectivity index (χ0v) is 16.1. The number of thiophene rings is 1. The molecule has 0 fully saturated rings. The number of benzene rings is 2. The first-order valence-corrected chi connectivity index (χ1v) is 9.59. The van der Waals surface area contributed by atoms with Gasteiger partial charge in [0.25, 0.3) is 11.8 Å². The van der Waals surface area contributed by atoms with Crippen LogP contribution in [-0.4, -0.2) is 32.1 Å². The maximum absolute atomic E-state index is 12.5. The molecule has 0 atom stereocenters. The van der Waals surface area contributed by atoms with Crippen LogP contribution in [0.2, 0.25) is 0 Å². The zero-order valence-electron chi connectivity index (χ0n) is 15.3. The number of ether oxygens (including phenoxy) is 2. The van der Waals surface area contributed by atoms with E-state index in [1.807, 2.05) is 23.6 Å². The molecule has 0 saturated carbocycles. The summed E-state index contributed by atoms with van der Waals surface area (Å²) in [6, 6.07) is 15.9. The number of methoxy groups -OCH3 is 1. The molecular weight excluding hydrogens is 376 g/mol. The minimum atomic E-state index is -0.282. The Morgan fingerprint density at radius 3 is 2.61 bits per heavy atom. The summed E-state index contributed by atoms with van der Waals surface area (Å²) in [7, 11) is 1.59. The monoisotopic (exact) mass is 396 g/mol. The highest BCUT2D eigenvalue weighted by Gasteiger charge is 2.14. The number of nitrogens with one attached hydrogen (secondary N) is 2. The third-order valence-electron chi connectivity index (χ3n) is 3.90. The lowest BCUT2D eigenvalue weighted by Crippen LogP contribution is -2.29. The molecule has 0 aliphatic carbocycles. The third kappa shape index (κ3) is 5.11. The number of anilines is 1. The van der Waals surface area contributed by atoms with Crippen molar-refractivity contribution >= 4 is 28.8 Å². The summed E-state index contributed by atoms with van der Waals surface area (Å²) in [6.07, 6.45) is 0. The van der Waals surface area contributed by atoms with Crippen molar-refractivity contribution in [2.45, 2.75) is 0 Å². The highest BCUT2D eigenvalue weighted by Crippen LogP contribution is 2.19. The average Bonchev–Trinajstić information content (AvgIpc) is 3.27. The van der Waals surface area contributed by atoms with Crippen molar-refractivity contribution < 1.29 is 19.1 Å². The van der Waals surface area contributed by atoms with Crippen LogP contribution >= 0.6 is 11.3 Å². The van der Waals surface area contributed by atoms with E-state index in [1.54, 1.807) is 48.9 Å². The molecule has 3 rings (SSSR count). The van der Waals surface area contributed by atoms with Crippen molar-refractivity contribution in [3.8, 4) is 11.5 Å². The Morgan fingerprint density at radius 2 is 1.82 bits per heavy atom. The molecule has 0 aliphatic heterocycles. The smallest absolute Gasteiger partial charge is 0.256 e. The number of rotatable bonds is 8. The molecule has 0 spiro atoms. The Labute approximate surface area is 167 Å². The number of hydrogen-bond donors (Lipinski definition) is 2. The molecule has 6 nitrogen and oxygen atoms in total. The fraction of sp³-hybridized carbons (Fsp3) is 0.143.